The van der Waals surface area contributed by atoms with Crippen LogP contribution >= 0.6 is 0 Å². The molecule has 0 radical (unpaired) electrons. The molecule has 0 saturated heterocycles. The van der Waals surface area contributed by atoms with Crippen molar-refractivity contribution in [3.05, 3.63) is 0 Å². The van der Waals surface area contributed by atoms with Gasteiger partial charge in [0.05, 0.1) is 0 Å². The average Bonchev–Trinajstić information content (AvgIpc) is 2.94. The molecule has 0 aromatic carbocycles. The molecule has 0 aliphatic heterocycles. The zero-order chi connectivity index (χ0) is 36.2. The molecule has 0 aromatic rings. The number of nitrogens with one attached hydrogen (secondary N) is 2. The smallest absolute Gasteiger partial charge is 0.407 e. The van der Waals surface area contributed by atoms with Crippen molar-refractivity contribution in [1.82, 2.24) is 40.0 Å². The van der Waals surface area contributed by atoms with Crippen LogP contribution in [-0.4, -0.2) is 189 Å². The Morgan fingerprint density at radius 2 is 0.979 bits per heavy atom. The van der Waals surface area contributed by atoms with Gasteiger partial charge in [-0.25, -0.2) is 9.59 Å². The highest BCUT2D eigenvalue weighted by Gasteiger charge is 2.42. The van der Waals surface area contributed by atoms with Crippen molar-refractivity contribution < 1.29 is 19.1 Å². The van der Waals surface area contributed by atoms with E-state index in [0.29, 0.717) is 19.8 Å². The van der Waals surface area contributed by atoms with Crippen LogP contribution in [0.25, 0.3) is 0 Å². The van der Waals surface area contributed by atoms with Gasteiger partial charge in [0, 0.05) is 25.7 Å². The van der Waals surface area contributed by atoms with Gasteiger partial charge < -0.3 is 39.7 Å². The molecule has 12 nitrogen and oxygen atoms in total. The molecule has 2 N–H and O–H groups in total. The average molecular weight is 685 g/mol. The van der Waals surface area contributed by atoms with Crippen molar-refractivity contribution in [2.75, 3.05) is 142 Å². The van der Waals surface area contributed by atoms with Gasteiger partial charge in [0.15, 0.2) is 0 Å². The summed E-state index contributed by atoms with van der Waals surface area (Å²) < 4.78 is 11.3. The molecule has 284 valence electrons. The minimum absolute atomic E-state index is 0.0155. The molecule has 2 atom stereocenters. The Kier molecular flexibility index (Phi) is 21.8. The second-order valence-electron chi connectivity index (χ2n) is 16.3. The van der Waals surface area contributed by atoms with Gasteiger partial charge in [-0.1, -0.05) is 20.8 Å². The Labute approximate surface area is 295 Å². The summed E-state index contributed by atoms with van der Waals surface area (Å²) in [5.41, 5.74) is -0.148. The van der Waals surface area contributed by atoms with Crippen molar-refractivity contribution in [3.63, 3.8) is 0 Å². The summed E-state index contributed by atoms with van der Waals surface area (Å²) in [4.78, 5) is 39.3. The fraction of sp³-hybridized carbons (Fsp3) is 0.944. The quantitative estimate of drug-likeness (QED) is 0.149. The van der Waals surface area contributed by atoms with Gasteiger partial charge in [-0.3, -0.25) is 9.80 Å². The number of amides is 2. The maximum Gasteiger partial charge on any atom is 0.407 e. The lowest BCUT2D eigenvalue weighted by molar-refractivity contribution is 0.0600. The first kappa shape index (κ1) is 44.3. The lowest BCUT2D eigenvalue weighted by Gasteiger charge is -2.46. The summed E-state index contributed by atoms with van der Waals surface area (Å²) in [6.45, 7) is 17.5. The number of hydrogen-bond acceptors (Lipinski definition) is 10. The van der Waals surface area contributed by atoms with E-state index in [0.717, 1.165) is 110 Å². The van der Waals surface area contributed by atoms with Crippen molar-refractivity contribution in [2.24, 2.45) is 10.8 Å². The van der Waals surface area contributed by atoms with Crippen LogP contribution in [0.5, 0.6) is 0 Å². The molecule has 2 amide bonds. The largest absolute Gasteiger partial charge is 0.448 e. The highest BCUT2D eigenvalue weighted by atomic mass is 16.6. The lowest BCUT2D eigenvalue weighted by atomic mass is 9.62. The Hall–Kier alpha value is -1.70. The second-order valence-corrected chi connectivity index (χ2v) is 16.3. The minimum Gasteiger partial charge on any atom is -0.448 e. The van der Waals surface area contributed by atoms with Crippen LogP contribution < -0.4 is 10.6 Å². The van der Waals surface area contributed by atoms with Crippen LogP contribution in [0.15, 0.2) is 0 Å². The van der Waals surface area contributed by atoms with Crippen molar-refractivity contribution in [2.45, 2.75) is 71.8 Å². The Bertz CT molecular complexity index is 845. The Morgan fingerprint density at radius 3 is 1.38 bits per heavy atom. The minimum atomic E-state index is -0.370. The van der Waals surface area contributed by atoms with Crippen LogP contribution in [0.2, 0.25) is 0 Å². The molecular weight excluding hydrogens is 608 g/mol. The summed E-state index contributed by atoms with van der Waals surface area (Å²) in [7, 11) is 16.8. The molecule has 1 saturated carbocycles. The van der Waals surface area contributed by atoms with Gasteiger partial charge in [-0.05, 0) is 165 Å². The standard InChI is InChI=1S/C36H76N8O4/c1-35(2)28-32(38-34(46)48-27-25-44(22-14-18-41(8)9)23-15-19-42(10)11)29-36(3,30-35)31-37-33(45)47-26-24-43(20-12-16-39(4)5)21-13-17-40(6)7/h32H,12-31H2,1-11H3,(H,37,45)(H,38,46). The maximum absolute atomic E-state index is 12.9. The lowest BCUT2D eigenvalue weighted by Crippen LogP contribution is -2.50. The SMILES string of the molecule is CN(C)CCCN(CCCN(C)C)CCOC(=O)NCC1(C)CC(NC(=O)OCCN(CCCN(C)C)CCCN(C)C)CC(C)(C)C1. The van der Waals surface area contributed by atoms with E-state index >= 15 is 0 Å². The van der Waals surface area contributed by atoms with E-state index in [4.69, 9.17) is 9.47 Å². The molecule has 0 spiro atoms. The summed E-state index contributed by atoms with van der Waals surface area (Å²) in [6, 6.07) is -0.0155. The van der Waals surface area contributed by atoms with E-state index in [2.05, 4.69) is 117 Å². The van der Waals surface area contributed by atoms with E-state index in [1.54, 1.807) is 0 Å². The summed E-state index contributed by atoms with van der Waals surface area (Å²) >= 11 is 0. The molecular formula is C36H76N8O4. The zero-order valence-electron chi connectivity index (χ0n) is 33.0. The fourth-order valence-electron chi connectivity index (χ4n) is 7.06. The van der Waals surface area contributed by atoms with Crippen molar-refractivity contribution in [1.29, 1.82) is 0 Å². The molecule has 0 bridgehead atoms. The van der Waals surface area contributed by atoms with Gasteiger partial charge in [-0.15, -0.1) is 0 Å². The number of nitrogens with zero attached hydrogens (tertiary/aromatic N) is 6. The van der Waals surface area contributed by atoms with Crippen LogP contribution in [0, 0.1) is 10.8 Å². The highest BCUT2D eigenvalue weighted by Crippen LogP contribution is 2.45. The molecule has 1 rings (SSSR count). The van der Waals surface area contributed by atoms with Crippen LogP contribution in [0.4, 0.5) is 9.59 Å². The summed E-state index contributed by atoms with van der Waals surface area (Å²) in [6.07, 6.45) is 6.24. The van der Waals surface area contributed by atoms with E-state index in [1.165, 1.54) is 0 Å². The van der Waals surface area contributed by atoms with E-state index in [-0.39, 0.29) is 29.1 Å². The van der Waals surface area contributed by atoms with E-state index in [9.17, 15) is 9.59 Å². The van der Waals surface area contributed by atoms with Crippen molar-refractivity contribution >= 4 is 12.2 Å². The molecule has 12 heteroatoms. The number of rotatable bonds is 25. The van der Waals surface area contributed by atoms with Gasteiger partial charge in [0.25, 0.3) is 0 Å². The first-order chi connectivity index (χ1) is 22.5. The summed E-state index contributed by atoms with van der Waals surface area (Å²) in [5.74, 6) is 0. The predicted molar refractivity (Wildman–Crippen MR) is 199 cm³/mol. The molecule has 1 fully saturated rings. The predicted octanol–water partition coefficient (Wildman–Crippen LogP) is 3.43. The molecule has 2 unspecified atom stereocenters. The molecule has 1 aliphatic rings. The van der Waals surface area contributed by atoms with E-state index in [1.807, 2.05) is 0 Å². The van der Waals surface area contributed by atoms with E-state index < -0.39 is 0 Å². The zero-order valence-corrected chi connectivity index (χ0v) is 33.0. The number of ether oxygens (including phenoxy) is 2. The van der Waals surface area contributed by atoms with Crippen molar-refractivity contribution in [3.8, 4) is 0 Å². The summed E-state index contributed by atoms with van der Waals surface area (Å²) in [5, 5.41) is 6.19. The highest BCUT2D eigenvalue weighted by molar-refractivity contribution is 5.68. The first-order valence-electron chi connectivity index (χ1n) is 18.4. The third-order valence-electron chi connectivity index (χ3n) is 9.03. The third-order valence-corrected chi connectivity index (χ3v) is 9.03. The van der Waals surface area contributed by atoms with Crippen LogP contribution in [0.3, 0.4) is 0 Å². The molecule has 0 aromatic heterocycles. The molecule has 0 heterocycles. The number of carbonyl (C=O) groups excluding carboxylic acids is 2. The first-order valence-corrected chi connectivity index (χ1v) is 18.4. The number of carbonyl (C=O) groups is 2. The number of alkyl carbamates (subject to hydrolysis) is 2. The van der Waals surface area contributed by atoms with Gasteiger partial charge in [0.1, 0.15) is 13.2 Å². The molecule has 1 aliphatic carbocycles. The maximum atomic E-state index is 12.9. The van der Waals surface area contributed by atoms with Gasteiger partial charge in [0.2, 0.25) is 0 Å². The van der Waals surface area contributed by atoms with Crippen LogP contribution in [0.1, 0.15) is 65.7 Å². The topological polar surface area (TPSA) is 96.1 Å². The Balaban J connectivity index is 2.55. The fourth-order valence-corrected chi connectivity index (χ4v) is 7.06. The van der Waals surface area contributed by atoms with Crippen LogP contribution in [-0.2, 0) is 9.47 Å². The normalized spacial score (nSPS) is 19.6. The van der Waals surface area contributed by atoms with Gasteiger partial charge in [-0.2, -0.15) is 0 Å². The molecule has 48 heavy (non-hydrogen) atoms. The monoisotopic (exact) mass is 685 g/mol. The third kappa shape index (κ3) is 22.8. The number of hydrogen-bond donors (Lipinski definition) is 2. The van der Waals surface area contributed by atoms with Gasteiger partial charge >= 0.3 is 12.2 Å². The Morgan fingerprint density at radius 1 is 0.583 bits per heavy atom. The second kappa shape index (κ2) is 23.7.